The third-order valence-corrected chi connectivity index (χ3v) is 5.41. The number of carbonyl (C=O) groups excluding carboxylic acids is 1. The van der Waals surface area contributed by atoms with Crippen LogP contribution in [0.15, 0.2) is 0 Å². The summed E-state index contributed by atoms with van der Waals surface area (Å²) in [5, 5.41) is 13.6. The van der Waals surface area contributed by atoms with Gasteiger partial charge >= 0.3 is 6.09 Å². The van der Waals surface area contributed by atoms with Gasteiger partial charge in [-0.25, -0.2) is 4.79 Å². The molecule has 2 fully saturated rings. The number of hydrogen-bond donors (Lipinski definition) is 2. The topological polar surface area (TPSA) is 71.0 Å². The van der Waals surface area contributed by atoms with Gasteiger partial charge in [-0.1, -0.05) is 27.2 Å². The lowest BCUT2D eigenvalue weighted by Gasteiger charge is -2.41. The summed E-state index contributed by atoms with van der Waals surface area (Å²) in [5.74, 6) is 1.75. The summed E-state index contributed by atoms with van der Waals surface area (Å²) in [6.45, 7) is 13.9. The first-order valence-electron chi connectivity index (χ1n) is 10.1. The summed E-state index contributed by atoms with van der Waals surface area (Å²) in [5.41, 5.74) is -0.469. The van der Waals surface area contributed by atoms with Crippen molar-refractivity contribution in [2.45, 2.75) is 84.8 Å². The van der Waals surface area contributed by atoms with E-state index in [4.69, 9.17) is 9.47 Å². The summed E-state index contributed by atoms with van der Waals surface area (Å²) >= 11 is 0. The molecule has 152 valence electrons. The van der Waals surface area contributed by atoms with Crippen LogP contribution in [0.5, 0.6) is 0 Å². The van der Waals surface area contributed by atoms with Crippen molar-refractivity contribution in [3.63, 3.8) is 0 Å². The smallest absolute Gasteiger partial charge is 0.410 e. The van der Waals surface area contributed by atoms with Crippen LogP contribution < -0.4 is 5.32 Å². The zero-order chi connectivity index (χ0) is 19.5. The molecule has 26 heavy (non-hydrogen) atoms. The van der Waals surface area contributed by atoms with E-state index in [-0.39, 0.29) is 18.2 Å². The predicted molar refractivity (Wildman–Crippen MR) is 102 cm³/mol. The van der Waals surface area contributed by atoms with Crippen LogP contribution in [-0.4, -0.2) is 59.8 Å². The van der Waals surface area contributed by atoms with E-state index in [9.17, 15) is 9.90 Å². The monoisotopic (exact) mass is 370 g/mol. The number of carbonyl (C=O) groups is 1. The first kappa shape index (κ1) is 21.5. The molecule has 0 aromatic heterocycles. The standard InChI is InChI=1S/C20H38N2O4/c1-13(2)16-8-7-14(3)9-17(16)25-18(23)10-21-15-11-22(12-15)19(24)26-20(4,5)6/h13-18,21,23H,7-12H2,1-6H3. The summed E-state index contributed by atoms with van der Waals surface area (Å²) in [4.78, 5) is 13.6. The van der Waals surface area contributed by atoms with Crippen LogP contribution in [0.4, 0.5) is 4.79 Å². The van der Waals surface area contributed by atoms with Crippen molar-refractivity contribution < 1.29 is 19.4 Å². The second-order valence-corrected chi connectivity index (χ2v) is 9.45. The van der Waals surface area contributed by atoms with Crippen LogP contribution in [0.3, 0.4) is 0 Å². The van der Waals surface area contributed by atoms with E-state index in [1.165, 1.54) is 12.8 Å². The van der Waals surface area contributed by atoms with Gasteiger partial charge in [0.15, 0.2) is 6.29 Å². The molecule has 1 saturated heterocycles. The molecule has 0 spiro atoms. The van der Waals surface area contributed by atoms with E-state index in [0.717, 1.165) is 6.42 Å². The second-order valence-electron chi connectivity index (χ2n) is 9.45. The fourth-order valence-corrected chi connectivity index (χ4v) is 3.87. The lowest BCUT2D eigenvalue weighted by Crippen LogP contribution is -2.61. The van der Waals surface area contributed by atoms with E-state index in [1.807, 2.05) is 20.8 Å². The Morgan fingerprint density at radius 1 is 1.27 bits per heavy atom. The van der Waals surface area contributed by atoms with E-state index in [0.29, 0.717) is 37.4 Å². The number of rotatable bonds is 6. The molecule has 0 radical (unpaired) electrons. The van der Waals surface area contributed by atoms with Gasteiger partial charge < -0.3 is 24.8 Å². The average molecular weight is 371 g/mol. The van der Waals surface area contributed by atoms with E-state index in [1.54, 1.807) is 4.90 Å². The van der Waals surface area contributed by atoms with Crippen LogP contribution in [0.2, 0.25) is 0 Å². The lowest BCUT2D eigenvalue weighted by molar-refractivity contribution is -0.167. The van der Waals surface area contributed by atoms with Crippen molar-refractivity contribution in [1.82, 2.24) is 10.2 Å². The molecule has 1 heterocycles. The quantitative estimate of drug-likeness (QED) is 0.704. The Kier molecular flexibility index (Phi) is 7.34. The van der Waals surface area contributed by atoms with Crippen LogP contribution in [0.1, 0.15) is 60.8 Å². The average Bonchev–Trinajstić information content (AvgIpc) is 2.43. The van der Waals surface area contributed by atoms with Crippen LogP contribution >= 0.6 is 0 Å². The summed E-state index contributed by atoms with van der Waals surface area (Å²) in [7, 11) is 0. The number of likely N-dealkylation sites (tertiary alicyclic amines) is 1. The third kappa shape index (κ3) is 6.39. The van der Waals surface area contributed by atoms with Gasteiger partial charge in [0.05, 0.1) is 6.10 Å². The Balaban J connectivity index is 1.68. The van der Waals surface area contributed by atoms with Gasteiger partial charge in [-0.2, -0.15) is 0 Å². The number of amides is 1. The maximum Gasteiger partial charge on any atom is 0.410 e. The Labute approximate surface area is 158 Å². The normalized spacial score (nSPS) is 28.8. The lowest BCUT2D eigenvalue weighted by atomic mass is 9.75. The zero-order valence-electron chi connectivity index (χ0n) is 17.3. The number of aliphatic hydroxyl groups is 1. The molecular formula is C20H38N2O4. The summed E-state index contributed by atoms with van der Waals surface area (Å²) in [6, 6.07) is 0.187. The van der Waals surface area contributed by atoms with Crippen molar-refractivity contribution in [2.24, 2.45) is 17.8 Å². The highest BCUT2D eigenvalue weighted by atomic mass is 16.6. The van der Waals surface area contributed by atoms with Crippen molar-refractivity contribution in [2.75, 3.05) is 19.6 Å². The van der Waals surface area contributed by atoms with Gasteiger partial charge in [-0.05, 0) is 51.4 Å². The second kappa shape index (κ2) is 8.89. The Bertz CT molecular complexity index is 457. The number of nitrogens with one attached hydrogen (secondary N) is 1. The number of nitrogens with zero attached hydrogens (tertiary/aromatic N) is 1. The third-order valence-electron chi connectivity index (χ3n) is 5.41. The van der Waals surface area contributed by atoms with Crippen LogP contribution in [0, 0.1) is 17.8 Å². The fraction of sp³-hybridized carbons (Fsp3) is 0.950. The molecule has 1 aliphatic heterocycles. The van der Waals surface area contributed by atoms with E-state index >= 15 is 0 Å². The maximum atomic E-state index is 11.9. The number of hydrogen-bond acceptors (Lipinski definition) is 5. The highest BCUT2D eigenvalue weighted by Gasteiger charge is 2.35. The SMILES string of the molecule is CC1CCC(C(C)C)C(OC(O)CNC2CN(C(=O)OC(C)(C)C)C2)C1. The zero-order valence-corrected chi connectivity index (χ0v) is 17.3. The van der Waals surface area contributed by atoms with Gasteiger partial charge in [-0.3, -0.25) is 0 Å². The van der Waals surface area contributed by atoms with Crippen molar-refractivity contribution in [1.29, 1.82) is 0 Å². The molecule has 2 N–H and O–H groups in total. The van der Waals surface area contributed by atoms with Gasteiger partial charge in [0.25, 0.3) is 0 Å². The van der Waals surface area contributed by atoms with Gasteiger partial charge in [0, 0.05) is 25.7 Å². The highest BCUT2D eigenvalue weighted by Crippen LogP contribution is 2.35. The minimum Gasteiger partial charge on any atom is -0.444 e. The van der Waals surface area contributed by atoms with Crippen molar-refractivity contribution in [3.05, 3.63) is 0 Å². The first-order chi connectivity index (χ1) is 12.0. The number of ether oxygens (including phenoxy) is 2. The minimum absolute atomic E-state index is 0.134. The molecule has 2 aliphatic rings. The van der Waals surface area contributed by atoms with Gasteiger partial charge in [0.2, 0.25) is 0 Å². The first-order valence-corrected chi connectivity index (χ1v) is 10.1. The number of aliphatic hydroxyl groups excluding tert-OH is 1. The summed E-state index contributed by atoms with van der Waals surface area (Å²) in [6.07, 6.45) is 2.51. The van der Waals surface area contributed by atoms with E-state index in [2.05, 4.69) is 26.1 Å². The Hall–Kier alpha value is -0.850. The molecule has 2 rings (SSSR count). The van der Waals surface area contributed by atoms with Crippen LogP contribution in [0.25, 0.3) is 0 Å². The van der Waals surface area contributed by atoms with Crippen molar-refractivity contribution in [3.8, 4) is 0 Å². The van der Waals surface area contributed by atoms with E-state index < -0.39 is 11.9 Å². The van der Waals surface area contributed by atoms with Gasteiger partial charge in [0.1, 0.15) is 5.60 Å². The largest absolute Gasteiger partial charge is 0.444 e. The predicted octanol–water partition coefficient (Wildman–Crippen LogP) is 2.99. The Morgan fingerprint density at radius 2 is 1.92 bits per heavy atom. The molecular weight excluding hydrogens is 332 g/mol. The molecule has 6 nitrogen and oxygen atoms in total. The molecule has 6 heteroatoms. The molecule has 1 aliphatic carbocycles. The van der Waals surface area contributed by atoms with Crippen LogP contribution in [-0.2, 0) is 9.47 Å². The fourth-order valence-electron chi connectivity index (χ4n) is 3.87. The Morgan fingerprint density at radius 3 is 2.50 bits per heavy atom. The molecule has 1 saturated carbocycles. The molecule has 0 aromatic carbocycles. The van der Waals surface area contributed by atoms with Crippen molar-refractivity contribution >= 4 is 6.09 Å². The molecule has 1 amide bonds. The molecule has 0 aromatic rings. The molecule has 4 unspecified atom stereocenters. The highest BCUT2D eigenvalue weighted by molar-refractivity contribution is 5.69. The summed E-state index contributed by atoms with van der Waals surface area (Å²) < 4.78 is 11.3. The molecule has 4 atom stereocenters. The molecule has 0 bridgehead atoms. The van der Waals surface area contributed by atoms with Gasteiger partial charge in [-0.15, -0.1) is 0 Å². The minimum atomic E-state index is -0.804. The maximum absolute atomic E-state index is 11.9.